The topological polar surface area (TPSA) is 21.3 Å². The highest BCUT2D eigenvalue weighted by Gasteiger charge is 2.31. The SMILES string of the molecule is C/C=C/CCNC1CC(c2ccccc2OC)C1. The summed E-state index contributed by atoms with van der Waals surface area (Å²) in [4.78, 5) is 0. The van der Waals surface area contributed by atoms with E-state index in [1.54, 1.807) is 7.11 Å². The van der Waals surface area contributed by atoms with Crippen molar-refractivity contribution in [3.63, 3.8) is 0 Å². The normalized spacial score (nSPS) is 23.0. The molecule has 1 aromatic carbocycles. The average Bonchev–Trinajstić information content (AvgIpc) is 2.36. The third kappa shape index (κ3) is 3.14. The Labute approximate surface area is 110 Å². The van der Waals surface area contributed by atoms with Crippen molar-refractivity contribution in [2.45, 2.75) is 38.1 Å². The standard InChI is InChI=1S/C16H23NO/c1-3-4-7-10-17-14-11-13(12-14)15-8-5-6-9-16(15)18-2/h3-6,8-9,13-14,17H,7,10-12H2,1-2H3/b4-3+. The third-order valence-electron chi connectivity index (χ3n) is 3.70. The molecule has 2 nitrogen and oxygen atoms in total. The molecule has 1 N–H and O–H groups in total. The van der Waals surface area contributed by atoms with E-state index in [-0.39, 0.29) is 0 Å². The predicted molar refractivity (Wildman–Crippen MR) is 76.2 cm³/mol. The summed E-state index contributed by atoms with van der Waals surface area (Å²) in [6, 6.07) is 9.07. The van der Waals surface area contributed by atoms with Crippen molar-refractivity contribution < 1.29 is 4.74 Å². The van der Waals surface area contributed by atoms with E-state index < -0.39 is 0 Å². The van der Waals surface area contributed by atoms with Gasteiger partial charge in [0, 0.05) is 6.04 Å². The summed E-state index contributed by atoms with van der Waals surface area (Å²) in [5.74, 6) is 1.70. The number of methoxy groups -OCH3 is 1. The zero-order chi connectivity index (χ0) is 12.8. The smallest absolute Gasteiger partial charge is 0.122 e. The van der Waals surface area contributed by atoms with Gasteiger partial charge in [0.1, 0.15) is 5.75 Å². The first-order valence-corrected chi connectivity index (χ1v) is 6.82. The van der Waals surface area contributed by atoms with Gasteiger partial charge >= 0.3 is 0 Å². The second-order valence-corrected chi connectivity index (χ2v) is 4.92. The number of allylic oxidation sites excluding steroid dienone is 1. The maximum atomic E-state index is 5.42. The molecule has 2 rings (SSSR count). The molecular weight excluding hydrogens is 222 g/mol. The van der Waals surface area contributed by atoms with Crippen LogP contribution in [0.2, 0.25) is 0 Å². The van der Waals surface area contributed by atoms with Crippen LogP contribution in [-0.4, -0.2) is 19.7 Å². The molecule has 0 aliphatic heterocycles. The highest BCUT2D eigenvalue weighted by Crippen LogP contribution is 2.40. The molecule has 0 radical (unpaired) electrons. The van der Waals surface area contributed by atoms with Crippen LogP contribution >= 0.6 is 0 Å². The van der Waals surface area contributed by atoms with E-state index in [9.17, 15) is 0 Å². The predicted octanol–water partition coefficient (Wildman–Crippen LogP) is 3.50. The summed E-state index contributed by atoms with van der Waals surface area (Å²) in [6.07, 6.45) is 7.92. The maximum Gasteiger partial charge on any atom is 0.122 e. The summed E-state index contributed by atoms with van der Waals surface area (Å²) < 4.78 is 5.42. The van der Waals surface area contributed by atoms with E-state index in [0.717, 1.165) is 18.7 Å². The number of benzene rings is 1. The van der Waals surface area contributed by atoms with E-state index in [1.807, 2.05) is 6.07 Å². The highest BCUT2D eigenvalue weighted by atomic mass is 16.5. The first-order valence-electron chi connectivity index (χ1n) is 6.82. The largest absolute Gasteiger partial charge is 0.496 e. The fraction of sp³-hybridized carbons (Fsp3) is 0.500. The van der Waals surface area contributed by atoms with Crippen LogP contribution in [0.25, 0.3) is 0 Å². The van der Waals surface area contributed by atoms with Crippen molar-refractivity contribution in [1.82, 2.24) is 5.32 Å². The van der Waals surface area contributed by atoms with Crippen LogP contribution < -0.4 is 10.1 Å². The number of hydrogen-bond donors (Lipinski definition) is 1. The molecule has 1 aliphatic rings. The Morgan fingerprint density at radius 3 is 2.83 bits per heavy atom. The quantitative estimate of drug-likeness (QED) is 0.612. The molecule has 18 heavy (non-hydrogen) atoms. The lowest BCUT2D eigenvalue weighted by atomic mass is 9.75. The Bertz CT molecular complexity index is 394. The molecule has 0 heterocycles. The fourth-order valence-corrected chi connectivity index (χ4v) is 2.58. The van der Waals surface area contributed by atoms with Gasteiger partial charge in [-0.15, -0.1) is 0 Å². The second kappa shape index (κ2) is 6.60. The molecule has 2 heteroatoms. The highest BCUT2D eigenvalue weighted by molar-refractivity contribution is 5.37. The van der Waals surface area contributed by atoms with Crippen molar-refractivity contribution >= 4 is 0 Å². The number of ether oxygens (including phenoxy) is 1. The first-order chi connectivity index (χ1) is 8.85. The molecule has 0 unspecified atom stereocenters. The Hall–Kier alpha value is -1.28. The summed E-state index contributed by atoms with van der Waals surface area (Å²) in [7, 11) is 1.75. The zero-order valence-corrected chi connectivity index (χ0v) is 11.4. The van der Waals surface area contributed by atoms with Crippen LogP contribution in [0, 0.1) is 0 Å². The van der Waals surface area contributed by atoms with Crippen LogP contribution in [-0.2, 0) is 0 Å². The number of nitrogens with one attached hydrogen (secondary N) is 1. The molecule has 0 spiro atoms. The first kappa shape index (κ1) is 13.2. The van der Waals surface area contributed by atoms with E-state index in [0.29, 0.717) is 12.0 Å². The number of hydrogen-bond acceptors (Lipinski definition) is 2. The van der Waals surface area contributed by atoms with Crippen molar-refractivity contribution in [2.24, 2.45) is 0 Å². The maximum absolute atomic E-state index is 5.42. The fourth-order valence-electron chi connectivity index (χ4n) is 2.58. The van der Waals surface area contributed by atoms with Crippen molar-refractivity contribution in [2.75, 3.05) is 13.7 Å². The van der Waals surface area contributed by atoms with Crippen molar-refractivity contribution in [3.05, 3.63) is 42.0 Å². The van der Waals surface area contributed by atoms with E-state index in [1.165, 1.54) is 18.4 Å². The molecule has 0 bridgehead atoms. The monoisotopic (exact) mass is 245 g/mol. The zero-order valence-electron chi connectivity index (χ0n) is 11.4. The molecule has 0 atom stereocenters. The summed E-state index contributed by atoms with van der Waals surface area (Å²) in [5, 5.41) is 3.60. The molecular formula is C16H23NO. The van der Waals surface area contributed by atoms with Gasteiger partial charge in [0.15, 0.2) is 0 Å². The minimum Gasteiger partial charge on any atom is -0.496 e. The number of rotatable bonds is 6. The summed E-state index contributed by atoms with van der Waals surface area (Å²) in [5.41, 5.74) is 1.37. The lowest BCUT2D eigenvalue weighted by Crippen LogP contribution is -2.40. The van der Waals surface area contributed by atoms with Gasteiger partial charge in [0.2, 0.25) is 0 Å². The second-order valence-electron chi connectivity index (χ2n) is 4.92. The van der Waals surface area contributed by atoms with Crippen molar-refractivity contribution in [1.29, 1.82) is 0 Å². The van der Waals surface area contributed by atoms with Gasteiger partial charge in [-0.05, 0) is 50.3 Å². The van der Waals surface area contributed by atoms with E-state index in [4.69, 9.17) is 4.74 Å². The number of para-hydroxylation sites is 1. The van der Waals surface area contributed by atoms with Gasteiger partial charge in [-0.3, -0.25) is 0 Å². The Morgan fingerprint density at radius 1 is 1.33 bits per heavy atom. The van der Waals surface area contributed by atoms with Gasteiger partial charge < -0.3 is 10.1 Å². The van der Waals surface area contributed by atoms with Gasteiger partial charge in [-0.25, -0.2) is 0 Å². The lowest BCUT2D eigenvalue weighted by Gasteiger charge is -2.37. The van der Waals surface area contributed by atoms with Crippen LogP contribution in [0.1, 0.15) is 37.7 Å². The van der Waals surface area contributed by atoms with Crippen LogP contribution in [0.15, 0.2) is 36.4 Å². The van der Waals surface area contributed by atoms with Gasteiger partial charge in [0.25, 0.3) is 0 Å². The Balaban J connectivity index is 1.78. The minimum absolute atomic E-state index is 0.667. The van der Waals surface area contributed by atoms with E-state index in [2.05, 4.69) is 42.6 Å². The summed E-state index contributed by atoms with van der Waals surface area (Å²) in [6.45, 7) is 3.16. The molecule has 0 amide bonds. The molecule has 98 valence electrons. The lowest BCUT2D eigenvalue weighted by molar-refractivity contribution is 0.285. The van der Waals surface area contributed by atoms with Crippen LogP contribution in [0.3, 0.4) is 0 Å². The van der Waals surface area contributed by atoms with Gasteiger partial charge in [-0.1, -0.05) is 30.4 Å². The summed E-state index contributed by atoms with van der Waals surface area (Å²) >= 11 is 0. The van der Waals surface area contributed by atoms with Gasteiger partial charge in [0.05, 0.1) is 7.11 Å². The average molecular weight is 245 g/mol. The molecule has 1 aromatic rings. The Kier molecular flexibility index (Phi) is 4.82. The van der Waals surface area contributed by atoms with Gasteiger partial charge in [-0.2, -0.15) is 0 Å². The third-order valence-corrected chi connectivity index (χ3v) is 3.70. The molecule has 0 saturated heterocycles. The molecule has 1 fully saturated rings. The minimum atomic E-state index is 0.667. The van der Waals surface area contributed by atoms with Crippen LogP contribution in [0.4, 0.5) is 0 Å². The van der Waals surface area contributed by atoms with E-state index >= 15 is 0 Å². The van der Waals surface area contributed by atoms with Crippen molar-refractivity contribution in [3.8, 4) is 5.75 Å². The molecule has 1 saturated carbocycles. The van der Waals surface area contributed by atoms with Crippen LogP contribution in [0.5, 0.6) is 5.75 Å². The molecule has 0 aromatic heterocycles. The molecule has 1 aliphatic carbocycles. The Morgan fingerprint density at radius 2 is 2.11 bits per heavy atom.